The summed E-state index contributed by atoms with van der Waals surface area (Å²) in [7, 11) is 0. The number of carbonyl (C=O) groups is 4. The molecule has 4 bridgehead atoms. The monoisotopic (exact) mass is 652 g/mol. The highest BCUT2D eigenvalue weighted by atomic mass is 16.5. The Labute approximate surface area is 279 Å². The number of carboxylic acid groups (broad SMARTS) is 1. The first-order valence-electron chi connectivity index (χ1n) is 16.5. The molecule has 0 spiro atoms. The average molecular weight is 653 g/mol. The molecule has 1 aromatic heterocycles. The zero-order chi connectivity index (χ0) is 33.8. The first kappa shape index (κ1) is 32.7. The lowest BCUT2D eigenvalue weighted by Gasteiger charge is -2.29. The largest absolute Gasteiger partial charge is 0.488 e. The van der Waals surface area contributed by atoms with Crippen LogP contribution in [0.1, 0.15) is 51.0 Å². The van der Waals surface area contributed by atoms with Crippen molar-refractivity contribution in [3.8, 4) is 17.0 Å². The lowest BCUT2D eigenvalue weighted by molar-refractivity contribution is -0.145. The van der Waals surface area contributed by atoms with Crippen LogP contribution in [0.3, 0.4) is 0 Å². The van der Waals surface area contributed by atoms with Crippen molar-refractivity contribution in [2.24, 2.45) is 5.92 Å². The fraction of sp³-hybridized carbons (Fsp3) is 0.378. The molecule has 0 unspecified atom stereocenters. The molecule has 1 aliphatic carbocycles. The number of aromatic nitrogens is 1. The van der Waals surface area contributed by atoms with Crippen LogP contribution in [0.25, 0.3) is 28.2 Å². The number of ether oxygens (including phenoxy) is 2. The number of hydrogen-bond donors (Lipinski definition) is 3. The van der Waals surface area contributed by atoms with Crippen LogP contribution in [0, 0.1) is 5.92 Å². The first-order chi connectivity index (χ1) is 23.2. The van der Waals surface area contributed by atoms with Crippen molar-refractivity contribution >= 4 is 40.9 Å². The average Bonchev–Trinajstić information content (AvgIpc) is 3.65. The van der Waals surface area contributed by atoms with Crippen LogP contribution < -0.4 is 15.4 Å². The van der Waals surface area contributed by atoms with E-state index in [-0.39, 0.29) is 26.0 Å². The predicted molar refractivity (Wildman–Crippen MR) is 180 cm³/mol. The minimum absolute atomic E-state index is 0.0469. The first-order valence-corrected chi connectivity index (χ1v) is 16.5. The molecule has 3 aliphatic rings. The van der Waals surface area contributed by atoms with E-state index in [1.807, 2.05) is 73.7 Å². The number of hydrogen-bond acceptors (Lipinski definition) is 7. The number of carboxylic acids is 1. The number of carbonyl (C=O) groups excluding carboxylic acids is 3. The van der Waals surface area contributed by atoms with E-state index >= 15 is 0 Å². The molecule has 48 heavy (non-hydrogen) atoms. The number of cyclic esters (lactones) is 1. The SMILES string of the molecule is C=C[C@@H]1C[C@]1(NC(=O)[C@@H]1C[C@@H]2CN1C(=O)[C@H](CCCC)NC(=O)OCCC=Cc1ccc3nc(-c4ccccc4)cc(c3c1)O2)C(=O)O. The Balaban J connectivity index is 1.40. The summed E-state index contributed by atoms with van der Waals surface area (Å²) in [4.78, 5) is 59.4. The van der Waals surface area contributed by atoms with Crippen LogP contribution in [0.5, 0.6) is 5.75 Å². The number of fused-ring (bicyclic) bond motifs is 3. The Hall–Kier alpha value is -5.19. The zero-order valence-corrected chi connectivity index (χ0v) is 26.9. The van der Waals surface area contributed by atoms with Gasteiger partial charge in [0.25, 0.3) is 0 Å². The molecule has 3 N–H and O–H groups in total. The number of unbranched alkanes of at least 4 members (excludes halogenated alkanes) is 1. The van der Waals surface area contributed by atoms with Crippen LogP contribution in [0.4, 0.5) is 4.79 Å². The number of amides is 3. The van der Waals surface area contributed by atoms with Gasteiger partial charge in [0.15, 0.2) is 0 Å². The fourth-order valence-electron chi connectivity index (χ4n) is 6.53. The maximum atomic E-state index is 14.2. The van der Waals surface area contributed by atoms with Crippen LogP contribution in [-0.4, -0.2) is 75.7 Å². The van der Waals surface area contributed by atoms with E-state index in [0.29, 0.717) is 36.2 Å². The lowest BCUT2D eigenvalue weighted by Crippen LogP contribution is -2.56. The van der Waals surface area contributed by atoms with E-state index in [9.17, 15) is 24.3 Å². The van der Waals surface area contributed by atoms with E-state index in [0.717, 1.165) is 22.9 Å². The van der Waals surface area contributed by atoms with Gasteiger partial charge in [0.05, 0.1) is 24.4 Å². The topological polar surface area (TPSA) is 147 Å². The standard InChI is InChI=1S/C37H40N4O7/c1-3-5-14-29-34(43)41-22-26(19-31(41)33(42)40-37(35(44)45)21-25(37)4-2)48-32-20-30(24-12-7-6-8-13-24)38-28-16-15-23(18-27(28)32)11-9-10-17-47-36(46)39-29/h4,6-9,11-13,15-16,18,20,25-26,29,31H,2-3,5,10,14,17,19,21-22H2,1H3,(H,39,46)(H,40,42)(H,44,45)/t25-,26-,29+,31+,37-/m1/s1. The number of pyridine rings is 1. The third-order valence-electron chi connectivity index (χ3n) is 9.30. The third-order valence-corrected chi connectivity index (χ3v) is 9.30. The molecule has 2 aromatic carbocycles. The van der Waals surface area contributed by atoms with Crippen LogP contribution in [-0.2, 0) is 19.1 Å². The smallest absolute Gasteiger partial charge is 0.407 e. The molecule has 250 valence electrons. The number of nitrogens with zero attached hydrogens (tertiary/aromatic N) is 2. The van der Waals surface area contributed by atoms with Crippen molar-refractivity contribution in [2.75, 3.05) is 13.2 Å². The highest BCUT2D eigenvalue weighted by Crippen LogP contribution is 2.45. The minimum Gasteiger partial charge on any atom is -0.488 e. The van der Waals surface area contributed by atoms with E-state index in [4.69, 9.17) is 14.5 Å². The molecular formula is C37H40N4O7. The summed E-state index contributed by atoms with van der Waals surface area (Å²) in [5, 5.41) is 16.2. The number of alkyl carbamates (subject to hydrolysis) is 1. The summed E-state index contributed by atoms with van der Waals surface area (Å²) in [6.07, 6.45) is 6.59. The van der Waals surface area contributed by atoms with E-state index in [1.54, 1.807) is 0 Å². The molecule has 3 heterocycles. The van der Waals surface area contributed by atoms with Crippen molar-refractivity contribution < 1.29 is 33.8 Å². The number of benzene rings is 2. The molecular weight excluding hydrogens is 612 g/mol. The number of aliphatic carboxylic acids is 1. The highest BCUT2D eigenvalue weighted by Gasteiger charge is 2.61. The van der Waals surface area contributed by atoms with Gasteiger partial charge in [-0.1, -0.05) is 74.4 Å². The summed E-state index contributed by atoms with van der Waals surface area (Å²) < 4.78 is 12.1. The van der Waals surface area contributed by atoms with Gasteiger partial charge in [-0.25, -0.2) is 14.6 Å². The molecule has 6 rings (SSSR count). The maximum Gasteiger partial charge on any atom is 0.407 e. The summed E-state index contributed by atoms with van der Waals surface area (Å²) in [5.41, 5.74) is 1.75. The van der Waals surface area contributed by atoms with Crippen LogP contribution >= 0.6 is 0 Å². The molecule has 3 aromatic rings. The third kappa shape index (κ3) is 6.76. The maximum absolute atomic E-state index is 14.2. The summed E-state index contributed by atoms with van der Waals surface area (Å²) in [6.45, 7) is 5.85. The number of nitrogens with one attached hydrogen (secondary N) is 2. The molecule has 0 radical (unpaired) electrons. The zero-order valence-electron chi connectivity index (χ0n) is 26.9. The Kier molecular flexibility index (Phi) is 9.47. The van der Waals surface area contributed by atoms with Crippen molar-refractivity contribution in [1.29, 1.82) is 0 Å². The molecule has 11 heteroatoms. The summed E-state index contributed by atoms with van der Waals surface area (Å²) >= 11 is 0. The Morgan fingerprint density at radius 2 is 2.00 bits per heavy atom. The second-order valence-corrected chi connectivity index (χ2v) is 12.6. The van der Waals surface area contributed by atoms with Gasteiger partial charge >= 0.3 is 12.1 Å². The van der Waals surface area contributed by atoms with Crippen molar-refractivity contribution in [3.05, 3.63) is 78.9 Å². The van der Waals surface area contributed by atoms with E-state index in [1.165, 1.54) is 11.0 Å². The van der Waals surface area contributed by atoms with Crippen molar-refractivity contribution in [1.82, 2.24) is 20.5 Å². The Morgan fingerprint density at radius 3 is 2.73 bits per heavy atom. The second kappa shape index (κ2) is 13.9. The highest BCUT2D eigenvalue weighted by molar-refractivity contribution is 5.96. The molecule has 3 amide bonds. The molecule has 5 atom stereocenters. The fourth-order valence-corrected chi connectivity index (χ4v) is 6.53. The van der Waals surface area contributed by atoms with Crippen LogP contribution in [0.15, 0.2) is 73.3 Å². The predicted octanol–water partition coefficient (Wildman–Crippen LogP) is 5.10. The Bertz CT molecular complexity index is 1760. The minimum atomic E-state index is -1.47. The van der Waals surface area contributed by atoms with Crippen molar-refractivity contribution in [2.45, 2.75) is 69.2 Å². The molecule has 2 fully saturated rings. The van der Waals surface area contributed by atoms with E-state index in [2.05, 4.69) is 17.2 Å². The normalized spacial score (nSPS) is 25.5. The van der Waals surface area contributed by atoms with Gasteiger partial charge in [-0.15, -0.1) is 6.58 Å². The molecule has 1 saturated heterocycles. The quantitative estimate of drug-likeness (QED) is 0.285. The summed E-state index contributed by atoms with van der Waals surface area (Å²) in [6, 6.07) is 15.5. The number of rotatable bonds is 8. The molecule has 2 aliphatic heterocycles. The Morgan fingerprint density at radius 1 is 1.19 bits per heavy atom. The van der Waals surface area contributed by atoms with Gasteiger partial charge in [-0.2, -0.15) is 0 Å². The van der Waals surface area contributed by atoms with Crippen molar-refractivity contribution in [3.63, 3.8) is 0 Å². The molecule has 11 nitrogen and oxygen atoms in total. The van der Waals surface area contributed by atoms with Gasteiger partial charge in [0.1, 0.15) is 29.5 Å². The van der Waals surface area contributed by atoms with Gasteiger partial charge < -0.3 is 30.1 Å². The van der Waals surface area contributed by atoms with E-state index < -0.39 is 53.5 Å². The summed E-state index contributed by atoms with van der Waals surface area (Å²) in [5.74, 6) is -2.08. The van der Waals surface area contributed by atoms with Gasteiger partial charge in [-0.05, 0) is 37.0 Å². The van der Waals surface area contributed by atoms with Gasteiger partial charge in [0.2, 0.25) is 11.8 Å². The van der Waals surface area contributed by atoms with Crippen LogP contribution in [0.2, 0.25) is 0 Å². The van der Waals surface area contributed by atoms with Gasteiger partial charge in [0, 0.05) is 29.4 Å². The molecule has 1 saturated carbocycles. The second-order valence-electron chi connectivity index (χ2n) is 12.6. The lowest BCUT2D eigenvalue weighted by atomic mass is 10.1. The van der Waals surface area contributed by atoms with Gasteiger partial charge in [-0.3, -0.25) is 9.59 Å².